The Morgan fingerprint density at radius 1 is 1.55 bits per heavy atom. The molecule has 0 saturated carbocycles. The molecule has 0 radical (unpaired) electrons. The van der Waals surface area contributed by atoms with E-state index in [-0.39, 0.29) is 10.7 Å². The Labute approximate surface area is 119 Å². The summed E-state index contributed by atoms with van der Waals surface area (Å²) in [4.78, 5) is 23.8. The van der Waals surface area contributed by atoms with E-state index in [2.05, 4.69) is 20.4 Å². The first-order chi connectivity index (χ1) is 9.59. The molecule has 0 aromatic carbocycles. The lowest BCUT2D eigenvalue weighted by Crippen LogP contribution is -2.41. The Balaban J connectivity index is 1.84. The summed E-state index contributed by atoms with van der Waals surface area (Å²) in [5.41, 5.74) is -0.166. The molecule has 1 aromatic heterocycles. The van der Waals surface area contributed by atoms with Gasteiger partial charge in [-0.05, 0) is 4.92 Å². The summed E-state index contributed by atoms with van der Waals surface area (Å²) in [7, 11) is 0. The van der Waals surface area contributed by atoms with Crippen molar-refractivity contribution in [2.45, 2.75) is 0 Å². The normalized spacial score (nSPS) is 16.1. The molecule has 20 heavy (non-hydrogen) atoms. The van der Waals surface area contributed by atoms with Gasteiger partial charge in [-0.2, -0.15) is 0 Å². The van der Waals surface area contributed by atoms with Crippen LogP contribution in [0.4, 0.5) is 5.82 Å². The molecular weight excluding hydrogens is 290 g/mol. The molecule has 1 aromatic rings. The third-order valence-electron chi connectivity index (χ3n) is 2.90. The zero-order valence-corrected chi connectivity index (χ0v) is 11.4. The number of carbonyl (C=O) groups is 1. The van der Waals surface area contributed by atoms with E-state index in [4.69, 9.17) is 16.3 Å². The van der Waals surface area contributed by atoms with Gasteiger partial charge in [-0.1, -0.05) is 16.7 Å². The lowest BCUT2D eigenvalue weighted by molar-refractivity contribution is -0.389. The molecule has 1 aliphatic heterocycles. The summed E-state index contributed by atoms with van der Waals surface area (Å²) in [5.74, 6) is -1.02. The summed E-state index contributed by atoms with van der Waals surface area (Å²) in [6, 6.07) is 0. The largest absolute Gasteiger partial charge is 0.379 e. The molecule has 1 amide bonds. The fourth-order valence-electron chi connectivity index (χ4n) is 1.83. The Morgan fingerprint density at radius 2 is 2.25 bits per heavy atom. The number of hydrogen-bond donors (Lipinski definition) is 2. The van der Waals surface area contributed by atoms with E-state index in [1.54, 1.807) is 0 Å². The van der Waals surface area contributed by atoms with Crippen LogP contribution in [0.15, 0.2) is 0 Å². The van der Waals surface area contributed by atoms with Gasteiger partial charge in [-0.25, -0.2) is 0 Å². The fourth-order valence-corrected chi connectivity index (χ4v) is 2.07. The fraction of sp³-hybridized carbons (Fsp3) is 0.600. The number of amides is 1. The van der Waals surface area contributed by atoms with E-state index in [0.29, 0.717) is 26.3 Å². The highest BCUT2D eigenvalue weighted by Crippen LogP contribution is 2.24. The van der Waals surface area contributed by atoms with Crippen LogP contribution >= 0.6 is 11.6 Å². The molecule has 1 aliphatic rings. The second kappa shape index (κ2) is 6.64. The van der Waals surface area contributed by atoms with Crippen molar-refractivity contribution >= 4 is 23.3 Å². The van der Waals surface area contributed by atoms with E-state index in [1.165, 1.54) is 0 Å². The second-order valence-electron chi connectivity index (χ2n) is 4.20. The molecule has 110 valence electrons. The topological polar surface area (TPSA) is 113 Å². The number of halogens is 1. The van der Waals surface area contributed by atoms with Crippen LogP contribution in [-0.4, -0.2) is 65.3 Å². The highest BCUT2D eigenvalue weighted by atomic mass is 35.5. The number of rotatable bonds is 5. The van der Waals surface area contributed by atoms with E-state index in [1.807, 2.05) is 0 Å². The molecule has 1 saturated heterocycles. The predicted octanol–water partition coefficient (Wildman–Crippen LogP) is 0.0333. The number of morpholine rings is 1. The van der Waals surface area contributed by atoms with Crippen LogP contribution in [-0.2, 0) is 4.74 Å². The van der Waals surface area contributed by atoms with Crippen molar-refractivity contribution < 1.29 is 14.5 Å². The third-order valence-corrected chi connectivity index (χ3v) is 3.26. The van der Waals surface area contributed by atoms with Gasteiger partial charge < -0.3 is 20.2 Å². The van der Waals surface area contributed by atoms with Gasteiger partial charge in [-0.3, -0.25) is 9.69 Å². The van der Waals surface area contributed by atoms with E-state index < -0.39 is 16.6 Å². The molecule has 10 heteroatoms. The maximum Gasteiger partial charge on any atom is 0.362 e. The maximum absolute atomic E-state index is 11.8. The van der Waals surface area contributed by atoms with Gasteiger partial charge in [0.25, 0.3) is 5.91 Å². The van der Waals surface area contributed by atoms with Crippen molar-refractivity contribution in [1.29, 1.82) is 0 Å². The van der Waals surface area contributed by atoms with Crippen molar-refractivity contribution in [3.63, 3.8) is 0 Å². The third kappa shape index (κ3) is 3.44. The van der Waals surface area contributed by atoms with Crippen LogP contribution in [0.5, 0.6) is 0 Å². The monoisotopic (exact) mass is 303 g/mol. The lowest BCUT2D eigenvalue weighted by atomic mass is 10.3. The molecule has 2 heterocycles. The first-order valence-electron chi connectivity index (χ1n) is 6.06. The molecule has 0 aliphatic carbocycles. The van der Waals surface area contributed by atoms with Gasteiger partial charge in [0.05, 0.1) is 13.2 Å². The summed E-state index contributed by atoms with van der Waals surface area (Å²) in [6.45, 7) is 4.11. The quantitative estimate of drug-likeness (QED) is 0.586. The number of nitrogens with one attached hydrogen (secondary N) is 2. The van der Waals surface area contributed by atoms with Gasteiger partial charge in [0, 0.05) is 26.2 Å². The molecule has 2 N–H and O–H groups in total. The summed E-state index contributed by atoms with van der Waals surface area (Å²) in [5, 5.41) is 18.6. The minimum Gasteiger partial charge on any atom is -0.379 e. The number of hydrogen-bond acceptors (Lipinski definition) is 6. The standard InChI is InChI=1S/C10H14ClN5O4/c11-7-8(13-14-9(7)16(18)19)10(17)12-1-2-15-3-5-20-6-4-15/h1-6H2,(H,12,17)(H,13,14). The van der Waals surface area contributed by atoms with Crippen molar-refractivity contribution in [3.05, 3.63) is 20.8 Å². The molecule has 0 bridgehead atoms. The summed E-state index contributed by atoms with van der Waals surface area (Å²) < 4.78 is 5.21. The first kappa shape index (κ1) is 14.7. The number of nitro groups is 1. The molecule has 2 rings (SSSR count). The zero-order chi connectivity index (χ0) is 14.5. The molecular formula is C10H14ClN5O4. The molecule has 0 atom stereocenters. The average molecular weight is 304 g/mol. The molecule has 0 spiro atoms. The number of ether oxygens (including phenoxy) is 1. The van der Waals surface area contributed by atoms with Gasteiger partial charge in [0.1, 0.15) is 0 Å². The van der Waals surface area contributed by atoms with Crippen LogP contribution < -0.4 is 5.32 Å². The average Bonchev–Trinajstić information content (AvgIpc) is 2.82. The van der Waals surface area contributed by atoms with Crippen LogP contribution in [0.1, 0.15) is 10.5 Å². The van der Waals surface area contributed by atoms with Crippen molar-refractivity contribution in [2.24, 2.45) is 0 Å². The van der Waals surface area contributed by atoms with Crippen LogP contribution in [0.2, 0.25) is 5.02 Å². The number of carbonyl (C=O) groups excluding carboxylic acids is 1. The number of H-pyrrole nitrogens is 1. The predicted molar refractivity (Wildman–Crippen MR) is 69.8 cm³/mol. The van der Waals surface area contributed by atoms with Gasteiger partial charge in [0.2, 0.25) is 0 Å². The number of aromatic amines is 1. The van der Waals surface area contributed by atoms with Crippen LogP contribution in [0.25, 0.3) is 0 Å². The van der Waals surface area contributed by atoms with Crippen LogP contribution in [0, 0.1) is 10.1 Å². The highest BCUT2D eigenvalue weighted by molar-refractivity contribution is 6.35. The van der Waals surface area contributed by atoms with Gasteiger partial charge >= 0.3 is 5.82 Å². The Hall–Kier alpha value is -1.71. The Morgan fingerprint density at radius 3 is 2.85 bits per heavy atom. The lowest BCUT2D eigenvalue weighted by Gasteiger charge is -2.26. The first-order valence-corrected chi connectivity index (χ1v) is 6.44. The van der Waals surface area contributed by atoms with Crippen molar-refractivity contribution in [3.8, 4) is 0 Å². The smallest absolute Gasteiger partial charge is 0.362 e. The zero-order valence-electron chi connectivity index (χ0n) is 10.6. The Bertz CT molecular complexity index is 500. The second-order valence-corrected chi connectivity index (χ2v) is 4.58. The maximum atomic E-state index is 11.8. The molecule has 0 unspecified atom stereocenters. The van der Waals surface area contributed by atoms with E-state index in [9.17, 15) is 14.9 Å². The van der Waals surface area contributed by atoms with Crippen molar-refractivity contribution in [2.75, 3.05) is 39.4 Å². The summed E-state index contributed by atoms with van der Waals surface area (Å²) >= 11 is 5.72. The molecule has 9 nitrogen and oxygen atoms in total. The van der Waals surface area contributed by atoms with Crippen molar-refractivity contribution in [1.82, 2.24) is 20.4 Å². The summed E-state index contributed by atoms with van der Waals surface area (Å²) in [6.07, 6.45) is 0. The minimum absolute atomic E-state index is 0.166. The van der Waals surface area contributed by atoms with E-state index >= 15 is 0 Å². The number of aromatic nitrogens is 2. The molecule has 1 fully saturated rings. The Kier molecular flexibility index (Phi) is 4.88. The van der Waals surface area contributed by atoms with E-state index in [0.717, 1.165) is 13.1 Å². The van der Waals surface area contributed by atoms with Crippen LogP contribution in [0.3, 0.4) is 0 Å². The number of nitrogens with zero attached hydrogens (tertiary/aromatic N) is 3. The SMILES string of the molecule is O=C(NCCN1CCOCC1)c1n[nH]c([N+](=O)[O-])c1Cl. The van der Waals surface area contributed by atoms with Gasteiger partial charge in [-0.15, -0.1) is 5.10 Å². The van der Waals surface area contributed by atoms with Gasteiger partial charge in [0.15, 0.2) is 10.7 Å². The highest BCUT2D eigenvalue weighted by Gasteiger charge is 2.24. The minimum atomic E-state index is -0.722.